The van der Waals surface area contributed by atoms with Gasteiger partial charge in [-0.3, -0.25) is 4.79 Å². The minimum Gasteiger partial charge on any atom is -0.389 e. The maximum Gasteiger partial charge on any atom is 0.257 e. The Bertz CT molecular complexity index is 648. The van der Waals surface area contributed by atoms with Gasteiger partial charge >= 0.3 is 0 Å². The summed E-state index contributed by atoms with van der Waals surface area (Å²) in [7, 11) is 0. The van der Waals surface area contributed by atoms with Gasteiger partial charge in [0.05, 0.1) is 24.9 Å². The zero-order valence-electron chi connectivity index (χ0n) is 12.6. The third-order valence-corrected chi connectivity index (χ3v) is 3.46. The Morgan fingerprint density at radius 3 is 2.74 bits per heavy atom. The van der Waals surface area contributed by atoms with Gasteiger partial charge in [0.15, 0.2) is 0 Å². The molecule has 1 aromatic heterocycles. The van der Waals surface area contributed by atoms with Crippen molar-refractivity contribution < 1.29 is 14.6 Å². The second kappa shape index (κ2) is 7.17. The maximum atomic E-state index is 12.4. The molecule has 7 nitrogen and oxygen atoms in total. The van der Waals surface area contributed by atoms with Gasteiger partial charge < -0.3 is 20.1 Å². The van der Waals surface area contributed by atoms with Crippen molar-refractivity contribution in [2.24, 2.45) is 0 Å². The van der Waals surface area contributed by atoms with E-state index in [9.17, 15) is 9.90 Å². The number of carbonyl (C=O) groups is 1. The number of nitrogens with one attached hydrogen (secondary N) is 1. The zero-order valence-corrected chi connectivity index (χ0v) is 12.6. The van der Waals surface area contributed by atoms with Crippen LogP contribution in [0.15, 0.2) is 42.7 Å². The van der Waals surface area contributed by atoms with E-state index in [1.807, 2.05) is 30.3 Å². The first-order chi connectivity index (χ1) is 11.2. The van der Waals surface area contributed by atoms with Crippen molar-refractivity contribution in [1.29, 1.82) is 0 Å². The molecular formula is C16H18N4O3. The molecule has 0 spiro atoms. The van der Waals surface area contributed by atoms with E-state index in [1.54, 1.807) is 4.90 Å². The molecule has 2 N–H and O–H groups in total. The molecule has 23 heavy (non-hydrogen) atoms. The highest BCUT2D eigenvalue weighted by molar-refractivity contribution is 5.93. The van der Waals surface area contributed by atoms with E-state index in [2.05, 4.69) is 15.3 Å². The van der Waals surface area contributed by atoms with Gasteiger partial charge in [-0.1, -0.05) is 18.2 Å². The van der Waals surface area contributed by atoms with Crippen LogP contribution in [0.25, 0.3) is 0 Å². The Morgan fingerprint density at radius 1 is 1.26 bits per heavy atom. The summed E-state index contributed by atoms with van der Waals surface area (Å²) < 4.78 is 5.22. The number of aliphatic hydroxyl groups excluding tert-OH is 1. The highest BCUT2D eigenvalue weighted by Crippen LogP contribution is 2.12. The Balaban J connectivity index is 1.67. The lowest BCUT2D eigenvalue weighted by atomic mass is 10.2. The molecule has 3 rings (SSSR count). The van der Waals surface area contributed by atoms with Crippen molar-refractivity contribution in [2.75, 3.05) is 31.6 Å². The fourth-order valence-corrected chi connectivity index (χ4v) is 2.31. The summed E-state index contributed by atoms with van der Waals surface area (Å²) in [6.07, 6.45) is 2.30. The zero-order chi connectivity index (χ0) is 16.1. The Morgan fingerprint density at radius 2 is 2.00 bits per heavy atom. The molecule has 1 fully saturated rings. The van der Waals surface area contributed by atoms with Gasteiger partial charge in [-0.25, -0.2) is 9.97 Å². The largest absolute Gasteiger partial charge is 0.389 e. The van der Waals surface area contributed by atoms with E-state index < -0.39 is 6.10 Å². The van der Waals surface area contributed by atoms with Crippen molar-refractivity contribution in [3.05, 3.63) is 48.3 Å². The predicted molar refractivity (Wildman–Crippen MR) is 84.5 cm³/mol. The standard InChI is InChI=1S/C16H18N4O3/c21-14-10-20(6-7-23-11-14)15(22)12-8-17-16(18-9-12)19-13-4-2-1-3-5-13/h1-5,8-9,14,21H,6-7,10-11H2,(H,17,18,19)/t14-/m0/s1. The smallest absolute Gasteiger partial charge is 0.257 e. The third kappa shape index (κ3) is 4.02. The molecule has 1 aliphatic heterocycles. The number of aromatic nitrogens is 2. The lowest BCUT2D eigenvalue weighted by Gasteiger charge is -2.21. The van der Waals surface area contributed by atoms with Crippen LogP contribution in [0.4, 0.5) is 11.6 Å². The van der Waals surface area contributed by atoms with Gasteiger partial charge in [0.1, 0.15) is 0 Å². The Hall–Kier alpha value is -2.51. The highest BCUT2D eigenvalue weighted by Gasteiger charge is 2.22. The molecule has 2 heterocycles. The SMILES string of the molecule is O=C(c1cnc(Nc2ccccc2)nc1)N1CCOC[C@@H](O)C1. The van der Waals surface area contributed by atoms with Gasteiger partial charge in [-0.2, -0.15) is 0 Å². The molecule has 0 aliphatic carbocycles. The summed E-state index contributed by atoms with van der Waals surface area (Å²) in [5.74, 6) is 0.216. The second-order valence-corrected chi connectivity index (χ2v) is 5.27. The van der Waals surface area contributed by atoms with Gasteiger partial charge in [0.25, 0.3) is 5.91 Å². The van der Waals surface area contributed by atoms with Crippen molar-refractivity contribution in [3.63, 3.8) is 0 Å². The number of hydrogen-bond donors (Lipinski definition) is 2. The van der Waals surface area contributed by atoms with Gasteiger partial charge in [-0.15, -0.1) is 0 Å². The number of aliphatic hydroxyl groups is 1. The number of ether oxygens (including phenoxy) is 1. The van der Waals surface area contributed by atoms with Crippen molar-refractivity contribution in [2.45, 2.75) is 6.10 Å². The Kier molecular flexibility index (Phi) is 4.80. The van der Waals surface area contributed by atoms with E-state index in [0.29, 0.717) is 24.7 Å². The maximum absolute atomic E-state index is 12.4. The average molecular weight is 314 g/mol. The van der Waals surface area contributed by atoms with Crippen LogP contribution in [0.1, 0.15) is 10.4 Å². The first-order valence-corrected chi connectivity index (χ1v) is 7.41. The summed E-state index contributed by atoms with van der Waals surface area (Å²) in [6, 6.07) is 9.55. The quantitative estimate of drug-likeness (QED) is 0.880. The molecule has 0 saturated carbocycles. The first kappa shape index (κ1) is 15.4. The second-order valence-electron chi connectivity index (χ2n) is 5.27. The van der Waals surface area contributed by atoms with Crippen LogP contribution >= 0.6 is 0 Å². The Labute approximate surface area is 133 Å². The van der Waals surface area contributed by atoms with Crippen molar-refractivity contribution in [1.82, 2.24) is 14.9 Å². The number of β-amino-alcohol motifs (C(OH)–C–C–N with tert-alkyl or cyclic N) is 1. The lowest BCUT2D eigenvalue weighted by molar-refractivity contribution is 0.0534. The molecule has 0 radical (unpaired) electrons. The van der Waals surface area contributed by atoms with Crippen LogP contribution in [-0.2, 0) is 4.74 Å². The van der Waals surface area contributed by atoms with Crippen LogP contribution in [0.3, 0.4) is 0 Å². The van der Waals surface area contributed by atoms with E-state index in [0.717, 1.165) is 5.69 Å². The number of amides is 1. The first-order valence-electron chi connectivity index (χ1n) is 7.41. The van der Waals surface area contributed by atoms with Gasteiger partial charge in [-0.05, 0) is 12.1 Å². The topological polar surface area (TPSA) is 87.6 Å². The highest BCUT2D eigenvalue weighted by atomic mass is 16.5. The lowest BCUT2D eigenvalue weighted by Crippen LogP contribution is -2.37. The van der Waals surface area contributed by atoms with E-state index in [4.69, 9.17) is 4.74 Å². The van der Waals surface area contributed by atoms with Gasteiger partial charge in [0, 0.05) is 31.2 Å². The number of nitrogens with zero attached hydrogens (tertiary/aromatic N) is 3. The van der Waals surface area contributed by atoms with Crippen LogP contribution in [0.2, 0.25) is 0 Å². The average Bonchev–Trinajstić information content (AvgIpc) is 2.80. The number of para-hydroxylation sites is 1. The van der Waals surface area contributed by atoms with Gasteiger partial charge in [0.2, 0.25) is 5.95 Å². The number of carbonyl (C=O) groups excluding carboxylic acids is 1. The predicted octanol–water partition coefficient (Wildman–Crippen LogP) is 1.05. The summed E-state index contributed by atoms with van der Waals surface area (Å²) in [5.41, 5.74) is 1.26. The molecule has 1 amide bonds. The summed E-state index contributed by atoms with van der Waals surface area (Å²) in [4.78, 5) is 22.3. The molecule has 1 aromatic carbocycles. The molecule has 0 unspecified atom stereocenters. The molecule has 1 atom stereocenters. The molecule has 7 heteroatoms. The molecule has 1 aliphatic rings. The molecular weight excluding hydrogens is 296 g/mol. The third-order valence-electron chi connectivity index (χ3n) is 3.46. The van der Waals surface area contributed by atoms with E-state index in [1.165, 1.54) is 12.4 Å². The van der Waals surface area contributed by atoms with E-state index in [-0.39, 0.29) is 19.1 Å². The number of rotatable bonds is 3. The van der Waals surface area contributed by atoms with E-state index >= 15 is 0 Å². The normalized spacial score (nSPS) is 18.3. The summed E-state index contributed by atoms with van der Waals surface area (Å²) >= 11 is 0. The monoisotopic (exact) mass is 314 g/mol. The van der Waals surface area contributed by atoms with Crippen LogP contribution < -0.4 is 5.32 Å². The summed E-state index contributed by atoms with van der Waals surface area (Å²) in [6.45, 7) is 1.36. The molecule has 0 bridgehead atoms. The minimum absolute atomic E-state index is 0.208. The van der Waals surface area contributed by atoms with Crippen LogP contribution in [0.5, 0.6) is 0 Å². The van der Waals surface area contributed by atoms with Crippen LogP contribution in [0, 0.1) is 0 Å². The fourth-order valence-electron chi connectivity index (χ4n) is 2.31. The molecule has 2 aromatic rings. The van der Waals surface area contributed by atoms with Crippen molar-refractivity contribution >= 4 is 17.5 Å². The summed E-state index contributed by atoms with van der Waals surface area (Å²) in [5, 5.41) is 12.8. The fraction of sp³-hybridized carbons (Fsp3) is 0.312. The number of benzene rings is 1. The number of anilines is 2. The molecule has 1 saturated heterocycles. The van der Waals surface area contributed by atoms with Crippen LogP contribution in [-0.4, -0.2) is 58.3 Å². The minimum atomic E-state index is -0.665. The van der Waals surface area contributed by atoms with Crippen molar-refractivity contribution in [3.8, 4) is 0 Å². The number of hydrogen-bond acceptors (Lipinski definition) is 6. The molecule has 120 valence electrons.